The number of methoxy groups -OCH3 is 2. The zero-order valence-corrected chi connectivity index (χ0v) is 18.7. The molecule has 3 aromatic rings. The van der Waals surface area contributed by atoms with Crippen LogP contribution in [-0.2, 0) is 16.0 Å². The van der Waals surface area contributed by atoms with E-state index in [2.05, 4.69) is 10.6 Å². The Labute approximate surface area is 192 Å². The van der Waals surface area contributed by atoms with E-state index in [0.717, 1.165) is 16.3 Å². The predicted molar refractivity (Wildman–Crippen MR) is 125 cm³/mol. The highest BCUT2D eigenvalue weighted by molar-refractivity contribution is 5.91. The molecular formula is C25H28N2O6. The highest BCUT2D eigenvalue weighted by atomic mass is 16.5. The molecule has 3 N–H and O–H groups in total. The molecule has 33 heavy (non-hydrogen) atoms. The van der Waals surface area contributed by atoms with Gasteiger partial charge in [0.05, 0.1) is 27.2 Å². The fourth-order valence-electron chi connectivity index (χ4n) is 3.35. The molecule has 1 atom stereocenters. The molecule has 3 rings (SSSR count). The molecular weight excluding hydrogens is 424 g/mol. The number of aliphatic hydroxyl groups is 1. The van der Waals surface area contributed by atoms with Crippen molar-refractivity contribution in [1.82, 2.24) is 10.6 Å². The van der Waals surface area contributed by atoms with Crippen LogP contribution in [0.25, 0.3) is 10.8 Å². The van der Waals surface area contributed by atoms with Gasteiger partial charge in [0.15, 0.2) is 11.5 Å². The van der Waals surface area contributed by atoms with E-state index < -0.39 is 12.0 Å². The van der Waals surface area contributed by atoms with Gasteiger partial charge in [-0.25, -0.2) is 0 Å². The van der Waals surface area contributed by atoms with Crippen molar-refractivity contribution in [2.75, 3.05) is 33.9 Å². The van der Waals surface area contributed by atoms with E-state index in [-0.39, 0.29) is 32.0 Å². The molecule has 8 heteroatoms. The molecule has 1 unspecified atom stereocenters. The van der Waals surface area contributed by atoms with Gasteiger partial charge in [0, 0.05) is 6.54 Å². The number of aliphatic hydroxyl groups excluding tert-OH is 1. The third kappa shape index (κ3) is 6.60. The van der Waals surface area contributed by atoms with Gasteiger partial charge in [-0.15, -0.1) is 0 Å². The van der Waals surface area contributed by atoms with E-state index in [9.17, 15) is 14.7 Å². The average Bonchev–Trinajstić information content (AvgIpc) is 2.84. The van der Waals surface area contributed by atoms with Gasteiger partial charge in [0.2, 0.25) is 17.6 Å². The minimum absolute atomic E-state index is 0.0323. The van der Waals surface area contributed by atoms with Gasteiger partial charge in [0.25, 0.3) is 0 Å². The molecule has 0 radical (unpaired) electrons. The summed E-state index contributed by atoms with van der Waals surface area (Å²) in [6, 6.07) is 18.8. The van der Waals surface area contributed by atoms with Crippen molar-refractivity contribution >= 4 is 22.6 Å². The normalized spacial score (nSPS) is 11.5. The largest absolute Gasteiger partial charge is 0.493 e. The summed E-state index contributed by atoms with van der Waals surface area (Å²) in [5.74, 6) is 0.649. The van der Waals surface area contributed by atoms with Crippen LogP contribution in [0.5, 0.6) is 17.2 Å². The Morgan fingerprint density at radius 1 is 0.879 bits per heavy atom. The number of ether oxygens (including phenoxy) is 3. The maximum Gasteiger partial charge on any atom is 0.239 e. The number of rotatable bonds is 11. The number of amides is 2. The van der Waals surface area contributed by atoms with Crippen LogP contribution in [0.2, 0.25) is 0 Å². The molecule has 0 spiro atoms. The summed E-state index contributed by atoms with van der Waals surface area (Å²) in [6.07, 6.45) is -0.791. The highest BCUT2D eigenvalue weighted by Crippen LogP contribution is 2.36. The molecule has 0 fully saturated rings. The zero-order valence-electron chi connectivity index (χ0n) is 18.7. The first-order valence-electron chi connectivity index (χ1n) is 10.5. The van der Waals surface area contributed by atoms with Crippen molar-refractivity contribution in [2.45, 2.75) is 12.5 Å². The van der Waals surface area contributed by atoms with E-state index >= 15 is 0 Å². The van der Waals surface area contributed by atoms with Crippen LogP contribution in [0.15, 0.2) is 60.7 Å². The lowest BCUT2D eigenvalue weighted by Crippen LogP contribution is -2.41. The van der Waals surface area contributed by atoms with Gasteiger partial charge < -0.3 is 30.0 Å². The first kappa shape index (κ1) is 23.9. The third-order valence-corrected chi connectivity index (χ3v) is 5.01. The van der Waals surface area contributed by atoms with Gasteiger partial charge in [0.1, 0.15) is 12.7 Å². The molecule has 0 heterocycles. The molecule has 0 bridgehead atoms. The van der Waals surface area contributed by atoms with Crippen LogP contribution in [0.3, 0.4) is 0 Å². The lowest BCUT2D eigenvalue weighted by atomic mass is 10.0. The lowest BCUT2D eigenvalue weighted by molar-refractivity contribution is -0.126. The third-order valence-electron chi connectivity index (χ3n) is 5.01. The van der Waals surface area contributed by atoms with Crippen LogP contribution >= 0.6 is 0 Å². The molecule has 0 saturated heterocycles. The van der Waals surface area contributed by atoms with Gasteiger partial charge in [-0.3, -0.25) is 9.59 Å². The Hall–Kier alpha value is -3.78. The van der Waals surface area contributed by atoms with Gasteiger partial charge in [-0.05, 0) is 28.5 Å². The highest BCUT2D eigenvalue weighted by Gasteiger charge is 2.15. The van der Waals surface area contributed by atoms with Crippen LogP contribution in [-0.4, -0.2) is 56.9 Å². The van der Waals surface area contributed by atoms with Gasteiger partial charge >= 0.3 is 0 Å². The van der Waals surface area contributed by atoms with E-state index in [0.29, 0.717) is 17.2 Å². The second-order valence-electron chi connectivity index (χ2n) is 7.35. The second kappa shape index (κ2) is 11.7. The van der Waals surface area contributed by atoms with Crippen molar-refractivity contribution < 1.29 is 28.9 Å². The number of nitrogens with one attached hydrogen (secondary N) is 2. The molecule has 0 aliphatic rings. The number of carbonyl (C=O) groups excluding carboxylic acids is 2. The lowest BCUT2D eigenvalue weighted by Gasteiger charge is -2.17. The van der Waals surface area contributed by atoms with E-state index in [1.54, 1.807) is 18.2 Å². The SMILES string of the molecule is COc1cccc(OC)c1OCC(O)CNC(=O)CNC(=O)Cc1cccc2ccccc12. The summed E-state index contributed by atoms with van der Waals surface area (Å²) in [6.45, 7) is -0.294. The monoisotopic (exact) mass is 452 g/mol. The molecule has 0 saturated carbocycles. The smallest absolute Gasteiger partial charge is 0.239 e. The molecule has 0 aromatic heterocycles. The van der Waals surface area contributed by atoms with E-state index in [1.807, 2.05) is 42.5 Å². The number of fused-ring (bicyclic) bond motifs is 1. The van der Waals surface area contributed by atoms with Crippen molar-refractivity contribution in [3.8, 4) is 17.2 Å². The number of benzene rings is 3. The van der Waals surface area contributed by atoms with Crippen LogP contribution < -0.4 is 24.8 Å². The summed E-state index contributed by atoms with van der Waals surface area (Å²) in [7, 11) is 3.01. The molecule has 0 aliphatic heterocycles. The van der Waals surface area contributed by atoms with Crippen LogP contribution in [0.4, 0.5) is 0 Å². The molecule has 8 nitrogen and oxygen atoms in total. The Kier molecular flexibility index (Phi) is 8.49. The van der Waals surface area contributed by atoms with E-state index in [1.165, 1.54) is 14.2 Å². The zero-order chi connectivity index (χ0) is 23.6. The summed E-state index contributed by atoms with van der Waals surface area (Å²) in [5, 5.41) is 17.4. The standard InChI is InChI=1S/C25H28N2O6/c1-31-21-11-6-12-22(32-2)25(21)33-16-19(28)14-26-24(30)15-27-23(29)13-18-9-5-8-17-7-3-4-10-20(17)18/h3-12,19,28H,13-16H2,1-2H3,(H,26,30)(H,27,29). The van der Waals surface area contributed by atoms with Crippen LogP contribution in [0, 0.1) is 0 Å². The quantitative estimate of drug-likeness (QED) is 0.411. The summed E-state index contributed by atoms with van der Waals surface area (Å²) in [5.41, 5.74) is 0.894. The van der Waals surface area contributed by atoms with Gasteiger partial charge in [-0.1, -0.05) is 48.5 Å². The topological polar surface area (TPSA) is 106 Å². The summed E-state index contributed by atoms with van der Waals surface area (Å²) >= 11 is 0. The van der Waals surface area contributed by atoms with Crippen LogP contribution in [0.1, 0.15) is 5.56 Å². The van der Waals surface area contributed by atoms with Crippen molar-refractivity contribution in [3.63, 3.8) is 0 Å². The van der Waals surface area contributed by atoms with E-state index in [4.69, 9.17) is 14.2 Å². The Morgan fingerprint density at radius 3 is 2.27 bits per heavy atom. The summed E-state index contributed by atoms with van der Waals surface area (Å²) in [4.78, 5) is 24.4. The number of carbonyl (C=O) groups is 2. The molecule has 3 aromatic carbocycles. The average molecular weight is 453 g/mol. The Morgan fingerprint density at radius 2 is 1.55 bits per heavy atom. The van der Waals surface area contributed by atoms with Crippen molar-refractivity contribution in [2.24, 2.45) is 0 Å². The minimum Gasteiger partial charge on any atom is -0.493 e. The molecule has 0 aliphatic carbocycles. The Balaban J connectivity index is 1.42. The Bertz CT molecular complexity index is 1070. The first-order valence-corrected chi connectivity index (χ1v) is 10.5. The van der Waals surface area contributed by atoms with Crippen molar-refractivity contribution in [3.05, 3.63) is 66.2 Å². The van der Waals surface area contributed by atoms with Gasteiger partial charge in [-0.2, -0.15) is 0 Å². The maximum absolute atomic E-state index is 12.3. The summed E-state index contributed by atoms with van der Waals surface area (Å²) < 4.78 is 16.1. The minimum atomic E-state index is -0.963. The molecule has 2 amide bonds. The fourth-order valence-corrected chi connectivity index (χ4v) is 3.35. The number of para-hydroxylation sites is 1. The van der Waals surface area contributed by atoms with Crippen molar-refractivity contribution in [1.29, 1.82) is 0 Å². The number of hydrogen-bond donors (Lipinski definition) is 3. The predicted octanol–water partition coefficient (Wildman–Crippen LogP) is 2.07. The molecule has 174 valence electrons. The fraction of sp³-hybridized carbons (Fsp3) is 0.280. The maximum atomic E-state index is 12.3. The first-order chi connectivity index (χ1) is 16.0. The number of hydrogen-bond acceptors (Lipinski definition) is 6. The second-order valence-corrected chi connectivity index (χ2v) is 7.35.